The van der Waals surface area contributed by atoms with Crippen molar-refractivity contribution in [3.05, 3.63) is 60.0 Å². The number of nitrogens with one attached hydrogen (secondary N) is 1. The van der Waals surface area contributed by atoms with E-state index in [2.05, 4.69) is 24.8 Å². The lowest BCUT2D eigenvalue weighted by atomic mass is 10.0. The normalized spacial score (nSPS) is 14.4. The van der Waals surface area contributed by atoms with Crippen LogP contribution in [0.5, 0.6) is 0 Å². The molecule has 0 saturated carbocycles. The molecule has 0 radical (unpaired) electrons. The van der Waals surface area contributed by atoms with E-state index in [0.717, 1.165) is 60.2 Å². The van der Waals surface area contributed by atoms with Crippen molar-refractivity contribution in [3.8, 4) is 11.3 Å². The standard InChI is InChI=1S/C21H23N5O/c1-15-19(16(2)27)21(24-20(15)17-6-9-22-10-7-17)26-13-11-25(12-14-26)18-5-3-4-8-23-18/h3-10,24H,11-14H2,1-2H3. The summed E-state index contributed by atoms with van der Waals surface area (Å²) in [4.78, 5) is 29.0. The van der Waals surface area contributed by atoms with Crippen LogP contribution >= 0.6 is 0 Å². The molecule has 138 valence electrons. The van der Waals surface area contributed by atoms with Gasteiger partial charge in [-0.15, -0.1) is 0 Å². The van der Waals surface area contributed by atoms with E-state index in [1.165, 1.54) is 0 Å². The molecule has 1 aliphatic heterocycles. The van der Waals surface area contributed by atoms with Gasteiger partial charge < -0.3 is 14.8 Å². The van der Waals surface area contributed by atoms with Crippen molar-refractivity contribution in [3.63, 3.8) is 0 Å². The molecule has 0 amide bonds. The highest BCUT2D eigenvalue weighted by atomic mass is 16.1. The lowest BCUT2D eigenvalue weighted by molar-refractivity contribution is 0.101. The van der Waals surface area contributed by atoms with Crippen LogP contribution in [-0.4, -0.2) is 46.9 Å². The number of carbonyl (C=O) groups excluding carboxylic acids is 1. The maximum atomic E-state index is 12.4. The number of hydrogen-bond donors (Lipinski definition) is 1. The van der Waals surface area contributed by atoms with E-state index in [4.69, 9.17) is 0 Å². The van der Waals surface area contributed by atoms with E-state index in [9.17, 15) is 4.79 Å². The largest absolute Gasteiger partial charge is 0.354 e. The molecule has 1 N–H and O–H groups in total. The first-order valence-corrected chi connectivity index (χ1v) is 9.20. The van der Waals surface area contributed by atoms with Crippen LogP contribution in [0.1, 0.15) is 22.8 Å². The summed E-state index contributed by atoms with van der Waals surface area (Å²) in [5.74, 6) is 2.02. The highest BCUT2D eigenvalue weighted by molar-refractivity contribution is 6.02. The van der Waals surface area contributed by atoms with Crippen molar-refractivity contribution in [2.75, 3.05) is 36.0 Å². The molecule has 6 heteroatoms. The van der Waals surface area contributed by atoms with Gasteiger partial charge in [-0.05, 0) is 43.7 Å². The van der Waals surface area contributed by atoms with Crippen LogP contribution < -0.4 is 9.80 Å². The fourth-order valence-corrected chi connectivity index (χ4v) is 3.75. The maximum absolute atomic E-state index is 12.4. The lowest BCUT2D eigenvalue weighted by Crippen LogP contribution is -2.47. The number of Topliss-reactive ketones (excluding diaryl/α,β-unsaturated/α-hetero) is 1. The molecule has 1 saturated heterocycles. The van der Waals surface area contributed by atoms with Crippen molar-refractivity contribution in [1.82, 2.24) is 15.0 Å². The van der Waals surface area contributed by atoms with E-state index < -0.39 is 0 Å². The van der Waals surface area contributed by atoms with E-state index in [-0.39, 0.29) is 5.78 Å². The zero-order valence-corrected chi connectivity index (χ0v) is 15.6. The first kappa shape index (κ1) is 17.3. The molecular weight excluding hydrogens is 338 g/mol. The molecule has 0 aromatic carbocycles. The molecule has 6 nitrogen and oxygen atoms in total. The molecule has 0 unspecified atom stereocenters. The number of hydrogen-bond acceptors (Lipinski definition) is 5. The van der Waals surface area contributed by atoms with E-state index in [1.807, 2.05) is 43.5 Å². The van der Waals surface area contributed by atoms with Crippen molar-refractivity contribution < 1.29 is 4.79 Å². The number of ketones is 1. The van der Waals surface area contributed by atoms with Crippen molar-refractivity contribution in [1.29, 1.82) is 0 Å². The van der Waals surface area contributed by atoms with Gasteiger partial charge in [-0.25, -0.2) is 4.98 Å². The van der Waals surface area contributed by atoms with Crippen LogP contribution in [0.15, 0.2) is 48.9 Å². The van der Waals surface area contributed by atoms with Gasteiger partial charge in [-0.3, -0.25) is 9.78 Å². The minimum Gasteiger partial charge on any atom is -0.354 e. The van der Waals surface area contributed by atoms with Gasteiger partial charge in [0.1, 0.15) is 11.6 Å². The van der Waals surface area contributed by atoms with Crippen LogP contribution in [0, 0.1) is 6.92 Å². The highest BCUT2D eigenvalue weighted by Gasteiger charge is 2.26. The summed E-state index contributed by atoms with van der Waals surface area (Å²) in [5, 5.41) is 0. The van der Waals surface area contributed by atoms with Crippen LogP contribution in [-0.2, 0) is 0 Å². The summed E-state index contributed by atoms with van der Waals surface area (Å²) in [6.07, 6.45) is 5.37. The highest BCUT2D eigenvalue weighted by Crippen LogP contribution is 2.33. The molecule has 0 spiro atoms. The van der Waals surface area contributed by atoms with Gasteiger partial charge in [0.05, 0.1) is 11.3 Å². The van der Waals surface area contributed by atoms with Gasteiger partial charge in [0.2, 0.25) is 0 Å². The van der Waals surface area contributed by atoms with Crippen molar-refractivity contribution >= 4 is 17.4 Å². The van der Waals surface area contributed by atoms with Crippen molar-refractivity contribution in [2.45, 2.75) is 13.8 Å². The van der Waals surface area contributed by atoms with Crippen LogP contribution in [0.3, 0.4) is 0 Å². The number of anilines is 2. The summed E-state index contributed by atoms with van der Waals surface area (Å²) >= 11 is 0. The number of H-pyrrole nitrogens is 1. The third-order valence-electron chi connectivity index (χ3n) is 5.12. The van der Waals surface area contributed by atoms with Crippen LogP contribution in [0.2, 0.25) is 0 Å². The van der Waals surface area contributed by atoms with Crippen molar-refractivity contribution in [2.24, 2.45) is 0 Å². The Hall–Kier alpha value is -3.15. The number of piperazine rings is 1. The molecule has 4 heterocycles. The van der Waals surface area contributed by atoms with E-state index in [0.29, 0.717) is 0 Å². The predicted molar refractivity (Wildman–Crippen MR) is 107 cm³/mol. The number of aromatic nitrogens is 3. The van der Waals surface area contributed by atoms with E-state index in [1.54, 1.807) is 19.3 Å². The monoisotopic (exact) mass is 361 g/mol. The number of nitrogens with zero attached hydrogens (tertiary/aromatic N) is 4. The SMILES string of the molecule is CC(=O)c1c(N2CCN(c3ccccn3)CC2)[nH]c(-c2ccncc2)c1C. The lowest BCUT2D eigenvalue weighted by Gasteiger charge is -2.36. The van der Waals surface area contributed by atoms with Gasteiger partial charge >= 0.3 is 0 Å². The second-order valence-electron chi connectivity index (χ2n) is 6.80. The molecule has 27 heavy (non-hydrogen) atoms. The summed E-state index contributed by atoms with van der Waals surface area (Å²) in [6, 6.07) is 9.91. The summed E-state index contributed by atoms with van der Waals surface area (Å²) in [6.45, 7) is 7.07. The summed E-state index contributed by atoms with van der Waals surface area (Å²) in [5.41, 5.74) is 3.82. The molecule has 3 aromatic heterocycles. The Kier molecular flexibility index (Phi) is 4.62. The topological polar surface area (TPSA) is 65.1 Å². The molecule has 3 aromatic rings. The van der Waals surface area contributed by atoms with Gasteiger partial charge in [0.25, 0.3) is 0 Å². The quantitative estimate of drug-likeness (QED) is 0.722. The average Bonchev–Trinajstić information content (AvgIpc) is 3.07. The zero-order valence-electron chi connectivity index (χ0n) is 15.6. The predicted octanol–water partition coefficient (Wildman–Crippen LogP) is 3.31. The fourth-order valence-electron chi connectivity index (χ4n) is 3.75. The Morgan fingerprint density at radius 1 is 1.00 bits per heavy atom. The smallest absolute Gasteiger partial charge is 0.163 e. The second kappa shape index (κ2) is 7.23. The molecular formula is C21H23N5O. The Balaban J connectivity index is 1.62. The average molecular weight is 361 g/mol. The van der Waals surface area contributed by atoms with Gasteiger partial charge in [0, 0.05) is 50.3 Å². The van der Waals surface area contributed by atoms with Gasteiger partial charge in [-0.2, -0.15) is 0 Å². The fraction of sp³-hybridized carbons (Fsp3) is 0.286. The van der Waals surface area contributed by atoms with E-state index >= 15 is 0 Å². The Morgan fingerprint density at radius 3 is 2.33 bits per heavy atom. The van der Waals surface area contributed by atoms with Gasteiger partial charge in [-0.1, -0.05) is 6.07 Å². The number of carbonyl (C=O) groups is 1. The zero-order chi connectivity index (χ0) is 18.8. The summed E-state index contributed by atoms with van der Waals surface area (Å²) in [7, 11) is 0. The van der Waals surface area contributed by atoms with Crippen LogP contribution in [0.25, 0.3) is 11.3 Å². The van der Waals surface area contributed by atoms with Crippen LogP contribution in [0.4, 0.5) is 11.6 Å². The Bertz CT molecular complexity index is 928. The second-order valence-corrected chi connectivity index (χ2v) is 6.80. The maximum Gasteiger partial charge on any atom is 0.163 e. The third kappa shape index (κ3) is 3.30. The van der Waals surface area contributed by atoms with Gasteiger partial charge in [0.15, 0.2) is 5.78 Å². The Morgan fingerprint density at radius 2 is 1.70 bits per heavy atom. The molecule has 0 atom stereocenters. The minimum absolute atomic E-state index is 0.0891. The molecule has 1 aliphatic rings. The molecule has 4 rings (SSSR count). The number of aromatic amines is 1. The number of rotatable bonds is 4. The molecule has 0 aliphatic carbocycles. The first-order chi connectivity index (χ1) is 13.1. The number of pyridine rings is 2. The summed E-state index contributed by atoms with van der Waals surface area (Å²) < 4.78 is 0. The molecule has 0 bridgehead atoms. The third-order valence-corrected chi connectivity index (χ3v) is 5.12. The Labute approximate surface area is 158 Å². The molecule has 1 fully saturated rings. The first-order valence-electron chi connectivity index (χ1n) is 9.20. The minimum atomic E-state index is 0.0891.